The van der Waals surface area contributed by atoms with Crippen LogP contribution in [0.3, 0.4) is 0 Å². The van der Waals surface area contributed by atoms with Crippen LogP contribution in [0.1, 0.15) is 6.42 Å². The quantitative estimate of drug-likeness (QED) is 0.766. The van der Waals surface area contributed by atoms with Crippen molar-refractivity contribution in [3.8, 4) is 11.5 Å². The van der Waals surface area contributed by atoms with Crippen LogP contribution in [0.25, 0.3) is 0 Å². The monoisotopic (exact) mass is 266 g/mol. The number of nitrogens with one attached hydrogen (secondary N) is 1. The van der Waals surface area contributed by atoms with E-state index in [1.165, 1.54) is 0 Å². The van der Waals surface area contributed by atoms with Gasteiger partial charge in [0.05, 0.1) is 13.7 Å². The minimum absolute atomic E-state index is 0.118. The minimum atomic E-state index is 0.118. The van der Waals surface area contributed by atoms with E-state index in [4.69, 9.17) is 9.47 Å². The third-order valence-corrected chi connectivity index (χ3v) is 2.77. The van der Waals surface area contributed by atoms with Crippen molar-refractivity contribution in [2.24, 2.45) is 0 Å². The van der Waals surface area contributed by atoms with E-state index in [-0.39, 0.29) is 5.91 Å². The number of nitrogens with zero attached hydrogens (tertiary/aromatic N) is 1. The highest BCUT2D eigenvalue weighted by Gasteiger charge is 2.07. The molecule has 0 saturated carbocycles. The molecule has 19 heavy (non-hydrogen) atoms. The van der Waals surface area contributed by atoms with Crippen LogP contribution in [-0.4, -0.2) is 51.7 Å². The molecule has 106 valence electrons. The number of hydrogen-bond acceptors (Lipinski definition) is 4. The Morgan fingerprint density at radius 1 is 1.26 bits per heavy atom. The zero-order valence-corrected chi connectivity index (χ0v) is 11.8. The number of carbonyl (C=O) groups excluding carboxylic acids is 1. The van der Waals surface area contributed by atoms with Gasteiger partial charge in [0.2, 0.25) is 5.91 Å². The van der Waals surface area contributed by atoms with Crippen LogP contribution in [0, 0.1) is 0 Å². The lowest BCUT2D eigenvalue weighted by molar-refractivity contribution is -0.130. The van der Waals surface area contributed by atoms with Crippen molar-refractivity contribution in [2.45, 2.75) is 6.42 Å². The smallest absolute Gasteiger partial charge is 0.223 e. The molecule has 0 aliphatic heterocycles. The maximum atomic E-state index is 11.6. The van der Waals surface area contributed by atoms with E-state index in [2.05, 4.69) is 5.32 Å². The molecule has 0 unspecified atom stereocenters. The number of methoxy groups -OCH3 is 1. The van der Waals surface area contributed by atoms with Crippen molar-refractivity contribution >= 4 is 5.91 Å². The van der Waals surface area contributed by atoms with Gasteiger partial charge in [0.15, 0.2) is 0 Å². The Morgan fingerprint density at radius 3 is 2.47 bits per heavy atom. The lowest BCUT2D eigenvalue weighted by Gasteiger charge is -2.17. The van der Waals surface area contributed by atoms with Gasteiger partial charge < -0.3 is 19.7 Å². The summed E-state index contributed by atoms with van der Waals surface area (Å²) in [5, 5.41) is 2.96. The van der Waals surface area contributed by atoms with Gasteiger partial charge in [0.25, 0.3) is 0 Å². The predicted molar refractivity (Wildman–Crippen MR) is 74.7 cm³/mol. The summed E-state index contributed by atoms with van der Waals surface area (Å²) in [5.74, 6) is 1.69. The van der Waals surface area contributed by atoms with Crippen LogP contribution in [0.5, 0.6) is 11.5 Å². The minimum Gasteiger partial charge on any atom is -0.497 e. The second-order valence-corrected chi connectivity index (χ2v) is 4.19. The lowest BCUT2D eigenvalue weighted by Crippen LogP contribution is -2.32. The summed E-state index contributed by atoms with van der Waals surface area (Å²) in [5.41, 5.74) is 0. The fourth-order valence-electron chi connectivity index (χ4n) is 1.52. The number of benzene rings is 1. The van der Waals surface area contributed by atoms with Crippen LogP contribution in [-0.2, 0) is 4.79 Å². The van der Waals surface area contributed by atoms with Crippen molar-refractivity contribution in [1.29, 1.82) is 0 Å². The Balaban J connectivity index is 2.26. The van der Waals surface area contributed by atoms with E-state index in [0.717, 1.165) is 11.5 Å². The second kappa shape index (κ2) is 8.37. The van der Waals surface area contributed by atoms with E-state index in [9.17, 15) is 4.79 Å². The lowest BCUT2D eigenvalue weighted by atomic mass is 10.3. The molecular weight excluding hydrogens is 244 g/mol. The van der Waals surface area contributed by atoms with E-state index in [0.29, 0.717) is 26.1 Å². The summed E-state index contributed by atoms with van der Waals surface area (Å²) in [7, 11) is 5.25. The molecule has 0 saturated heterocycles. The molecule has 1 N–H and O–H groups in total. The maximum Gasteiger partial charge on any atom is 0.223 e. The first-order valence-electron chi connectivity index (χ1n) is 6.32. The van der Waals surface area contributed by atoms with Gasteiger partial charge in [0, 0.05) is 20.0 Å². The number of amides is 1. The molecule has 0 atom stereocenters. The zero-order chi connectivity index (χ0) is 14.1. The number of likely N-dealkylation sites (N-methyl/N-ethyl adjacent to an activating group) is 1. The average molecular weight is 266 g/mol. The molecule has 0 fully saturated rings. The molecule has 0 spiro atoms. The summed E-state index contributed by atoms with van der Waals surface area (Å²) in [6.07, 6.45) is 0.509. The highest BCUT2D eigenvalue weighted by atomic mass is 16.5. The second-order valence-electron chi connectivity index (χ2n) is 4.19. The third-order valence-electron chi connectivity index (χ3n) is 2.77. The molecule has 1 amide bonds. The zero-order valence-electron chi connectivity index (χ0n) is 11.8. The van der Waals surface area contributed by atoms with Crippen LogP contribution in [0.2, 0.25) is 0 Å². The number of ether oxygens (including phenoxy) is 2. The first kappa shape index (κ1) is 15.3. The highest BCUT2D eigenvalue weighted by Crippen LogP contribution is 2.16. The van der Waals surface area contributed by atoms with Crippen LogP contribution in [0.15, 0.2) is 24.3 Å². The molecule has 0 heterocycles. The third kappa shape index (κ3) is 5.61. The fraction of sp³-hybridized carbons (Fsp3) is 0.500. The van der Waals surface area contributed by atoms with Crippen molar-refractivity contribution < 1.29 is 14.3 Å². The molecule has 0 aliphatic carbocycles. The average Bonchev–Trinajstić information content (AvgIpc) is 2.45. The fourth-order valence-corrected chi connectivity index (χ4v) is 1.52. The van der Waals surface area contributed by atoms with Gasteiger partial charge in [-0.3, -0.25) is 4.79 Å². The van der Waals surface area contributed by atoms with E-state index in [1.54, 1.807) is 19.1 Å². The Labute approximate surface area is 114 Å². The Hall–Kier alpha value is -1.75. The van der Waals surface area contributed by atoms with Gasteiger partial charge in [-0.05, 0) is 31.3 Å². The van der Waals surface area contributed by atoms with Gasteiger partial charge >= 0.3 is 0 Å². The molecule has 0 radical (unpaired) electrons. The number of rotatable bonds is 8. The van der Waals surface area contributed by atoms with Crippen molar-refractivity contribution in [3.63, 3.8) is 0 Å². The topological polar surface area (TPSA) is 50.8 Å². The summed E-state index contributed by atoms with van der Waals surface area (Å²) >= 11 is 0. The molecule has 1 aromatic carbocycles. The molecule has 0 bridgehead atoms. The Morgan fingerprint density at radius 2 is 1.89 bits per heavy atom. The van der Waals surface area contributed by atoms with Crippen molar-refractivity contribution in [2.75, 3.05) is 40.9 Å². The number of carbonyl (C=O) groups is 1. The normalized spacial score (nSPS) is 10.1. The van der Waals surface area contributed by atoms with Crippen LogP contribution in [0.4, 0.5) is 0 Å². The molecule has 0 aliphatic rings. The van der Waals surface area contributed by atoms with E-state index >= 15 is 0 Å². The molecular formula is C14H22N2O3. The summed E-state index contributed by atoms with van der Waals surface area (Å²) in [6.45, 7) is 1.76. The summed E-state index contributed by atoms with van der Waals surface area (Å²) in [6, 6.07) is 7.39. The van der Waals surface area contributed by atoms with Crippen LogP contribution < -0.4 is 14.8 Å². The largest absolute Gasteiger partial charge is 0.497 e. The maximum absolute atomic E-state index is 11.6. The number of hydrogen-bond donors (Lipinski definition) is 1. The van der Waals surface area contributed by atoms with E-state index < -0.39 is 0 Å². The van der Waals surface area contributed by atoms with Crippen LogP contribution >= 0.6 is 0 Å². The SMILES string of the molecule is CNCCC(=O)N(C)CCOc1ccc(OC)cc1. The van der Waals surface area contributed by atoms with E-state index in [1.807, 2.05) is 31.3 Å². The van der Waals surface area contributed by atoms with Gasteiger partial charge in [-0.15, -0.1) is 0 Å². The molecule has 1 rings (SSSR count). The van der Waals surface area contributed by atoms with Crippen molar-refractivity contribution in [1.82, 2.24) is 10.2 Å². The molecule has 5 nitrogen and oxygen atoms in total. The molecule has 5 heteroatoms. The summed E-state index contributed by atoms with van der Waals surface area (Å²) in [4.78, 5) is 13.3. The standard InChI is InChI=1S/C14H22N2O3/c1-15-9-8-14(17)16(2)10-11-19-13-6-4-12(18-3)5-7-13/h4-7,15H,8-11H2,1-3H3. The first-order chi connectivity index (χ1) is 9.17. The van der Waals surface area contributed by atoms with Gasteiger partial charge in [0.1, 0.15) is 18.1 Å². The summed E-state index contributed by atoms with van der Waals surface area (Å²) < 4.78 is 10.6. The van der Waals surface area contributed by atoms with Crippen molar-refractivity contribution in [3.05, 3.63) is 24.3 Å². The highest BCUT2D eigenvalue weighted by molar-refractivity contribution is 5.76. The molecule has 1 aromatic rings. The first-order valence-corrected chi connectivity index (χ1v) is 6.32. The van der Waals surface area contributed by atoms with Gasteiger partial charge in [-0.1, -0.05) is 0 Å². The van der Waals surface area contributed by atoms with Gasteiger partial charge in [-0.2, -0.15) is 0 Å². The molecule has 0 aromatic heterocycles. The van der Waals surface area contributed by atoms with Gasteiger partial charge in [-0.25, -0.2) is 0 Å². The Bertz CT molecular complexity index is 379. The predicted octanol–water partition coefficient (Wildman–Crippen LogP) is 1.14. The Kier molecular flexibility index (Phi) is 6.74.